The highest BCUT2D eigenvalue weighted by atomic mass is 35.5. The number of hydrogen-bond acceptors (Lipinski definition) is 4. The Balaban J connectivity index is 2.27. The molecule has 0 amide bonds. The molecule has 0 unspecified atom stereocenters. The van der Waals surface area contributed by atoms with Crippen LogP contribution >= 0.6 is 23.2 Å². The van der Waals surface area contributed by atoms with Gasteiger partial charge in [0.1, 0.15) is 0 Å². The molecule has 4 nitrogen and oxygen atoms in total. The molecular formula is C11H11Cl2N3O. The summed E-state index contributed by atoms with van der Waals surface area (Å²) in [6, 6.07) is 5.30. The van der Waals surface area contributed by atoms with Crippen molar-refractivity contribution >= 4 is 23.2 Å². The third kappa shape index (κ3) is 2.77. The van der Waals surface area contributed by atoms with Gasteiger partial charge in [-0.2, -0.15) is 4.98 Å². The maximum atomic E-state index is 6.07. The number of nitrogens with one attached hydrogen (secondary N) is 1. The topological polar surface area (TPSA) is 51.0 Å². The fourth-order valence-corrected chi connectivity index (χ4v) is 1.75. The van der Waals surface area contributed by atoms with E-state index in [9.17, 15) is 0 Å². The van der Waals surface area contributed by atoms with Gasteiger partial charge >= 0.3 is 0 Å². The minimum Gasteiger partial charge on any atom is -0.334 e. The minimum absolute atomic E-state index is 0.392. The van der Waals surface area contributed by atoms with Gasteiger partial charge in [0.05, 0.1) is 15.6 Å². The predicted octanol–water partition coefficient (Wildman–Crippen LogP) is 2.81. The number of benzene rings is 1. The van der Waals surface area contributed by atoms with Crippen LogP contribution in [-0.4, -0.2) is 23.7 Å². The van der Waals surface area contributed by atoms with Gasteiger partial charge in [-0.3, -0.25) is 0 Å². The van der Waals surface area contributed by atoms with E-state index >= 15 is 0 Å². The van der Waals surface area contributed by atoms with Crippen molar-refractivity contribution in [3.05, 3.63) is 34.1 Å². The Morgan fingerprint density at radius 2 is 2.18 bits per heavy atom. The molecule has 0 spiro atoms. The van der Waals surface area contributed by atoms with Crippen LogP contribution in [-0.2, 0) is 6.42 Å². The number of aromatic nitrogens is 2. The molecule has 6 heteroatoms. The lowest BCUT2D eigenvalue weighted by atomic mass is 10.2. The van der Waals surface area contributed by atoms with Crippen molar-refractivity contribution < 1.29 is 4.52 Å². The predicted molar refractivity (Wildman–Crippen MR) is 67.4 cm³/mol. The maximum absolute atomic E-state index is 6.07. The highest BCUT2D eigenvalue weighted by Crippen LogP contribution is 2.32. The quantitative estimate of drug-likeness (QED) is 0.929. The largest absolute Gasteiger partial charge is 0.334 e. The first-order chi connectivity index (χ1) is 8.22. The lowest BCUT2D eigenvalue weighted by molar-refractivity contribution is 0.422. The molecule has 90 valence electrons. The summed E-state index contributed by atoms with van der Waals surface area (Å²) in [5.41, 5.74) is 0.655. The first-order valence-electron chi connectivity index (χ1n) is 5.14. The lowest BCUT2D eigenvalue weighted by Crippen LogP contribution is -2.10. The van der Waals surface area contributed by atoms with Gasteiger partial charge < -0.3 is 9.84 Å². The molecule has 1 N–H and O–H groups in total. The van der Waals surface area contributed by atoms with Gasteiger partial charge in [0.15, 0.2) is 5.82 Å². The Morgan fingerprint density at radius 1 is 1.35 bits per heavy atom. The molecule has 0 saturated heterocycles. The van der Waals surface area contributed by atoms with Crippen molar-refractivity contribution in [3.8, 4) is 11.5 Å². The van der Waals surface area contributed by atoms with Crippen molar-refractivity contribution in [3.63, 3.8) is 0 Å². The summed E-state index contributed by atoms with van der Waals surface area (Å²) in [6.07, 6.45) is 0.707. The molecule has 0 fully saturated rings. The Morgan fingerprint density at radius 3 is 2.94 bits per heavy atom. The summed E-state index contributed by atoms with van der Waals surface area (Å²) < 4.78 is 5.15. The normalized spacial score (nSPS) is 10.8. The van der Waals surface area contributed by atoms with Gasteiger partial charge in [0, 0.05) is 13.0 Å². The molecule has 1 aromatic heterocycles. The van der Waals surface area contributed by atoms with E-state index in [1.165, 1.54) is 0 Å². The molecule has 1 heterocycles. The fourth-order valence-electron chi connectivity index (χ4n) is 1.37. The van der Waals surface area contributed by atoms with Crippen LogP contribution in [0.5, 0.6) is 0 Å². The number of likely N-dealkylation sites (N-methyl/N-ethyl adjacent to an activating group) is 1. The summed E-state index contributed by atoms with van der Waals surface area (Å²) in [7, 11) is 1.87. The molecule has 0 aliphatic heterocycles. The van der Waals surface area contributed by atoms with E-state index in [1.54, 1.807) is 18.2 Å². The van der Waals surface area contributed by atoms with Crippen molar-refractivity contribution in [1.82, 2.24) is 15.5 Å². The Labute approximate surface area is 109 Å². The van der Waals surface area contributed by atoms with E-state index in [1.807, 2.05) is 7.05 Å². The summed E-state index contributed by atoms with van der Waals surface area (Å²) in [5.74, 6) is 1.04. The van der Waals surface area contributed by atoms with Crippen molar-refractivity contribution in [2.45, 2.75) is 6.42 Å². The second-order valence-corrected chi connectivity index (χ2v) is 4.26. The van der Waals surface area contributed by atoms with Gasteiger partial charge in [-0.1, -0.05) is 34.4 Å². The molecule has 0 radical (unpaired) electrons. The highest BCUT2D eigenvalue weighted by molar-refractivity contribution is 6.43. The first-order valence-corrected chi connectivity index (χ1v) is 5.89. The Hall–Kier alpha value is -1.10. The van der Waals surface area contributed by atoms with Crippen LogP contribution in [0.3, 0.4) is 0 Å². The van der Waals surface area contributed by atoms with Crippen LogP contribution in [0.15, 0.2) is 22.7 Å². The van der Waals surface area contributed by atoms with Crippen LogP contribution in [0.1, 0.15) is 5.82 Å². The van der Waals surface area contributed by atoms with E-state index in [0.29, 0.717) is 33.7 Å². The van der Waals surface area contributed by atoms with E-state index < -0.39 is 0 Å². The summed E-state index contributed by atoms with van der Waals surface area (Å²) in [5, 5.41) is 7.79. The second-order valence-electron chi connectivity index (χ2n) is 3.47. The SMILES string of the molecule is CNCCc1noc(-c2cccc(Cl)c2Cl)n1. The van der Waals surface area contributed by atoms with Crippen LogP contribution in [0.25, 0.3) is 11.5 Å². The average molecular weight is 272 g/mol. The van der Waals surface area contributed by atoms with Crippen LogP contribution in [0.2, 0.25) is 10.0 Å². The van der Waals surface area contributed by atoms with Gasteiger partial charge in [0.25, 0.3) is 5.89 Å². The van der Waals surface area contributed by atoms with Crippen molar-refractivity contribution in [2.24, 2.45) is 0 Å². The lowest BCUT2D eigenvalue weighted by Gasteiger charge is -1.99. The van der Waals surface area contributed by atoms with Crippen LogP contribution in [0.4, 0.5) is 0 Å². The standard InChI is InChI=1S/C11H11Cl2N3O/c1-14-6-5-9-15-11(17-16-9)7-3-2-4-8(12)10(7)13/h2-4,14H,5-6H2,1H3. The third-order valence-corrected chi connectivity index (χ3v) is 3.07. The molecule has 17 heavy (non-hydrogen) atoms. The Bertz CT molecular complexity index is 513. The van der Waals surface area contributed by atoms with Gasteiger partial charge in [-0.05, 0) is 19.2 Å². The Kier molecular flexibility index (Phi) is 3.99. The van der Waals surface area contributed by atoms with Gasteiger partial charge in [0.2, 0.25) is 0 Å². The minimum atomic E-state index is 0.392. The zero-order valence-corrected chi connectivity index (χ0v) is 10.7. The fraction of sp³-hybridized carbons (Fsp3) is 0.273. The monoisotopic (exact) mass is 271 g/mol. The average Bonchev–Trinajstić information content (AvgIpc) is 2.78. The molecular weight excluding hydrogens is 261 g/mol. The second kappa shape index (κ2) is 5.49. The zero-order valence-electron chi connectivity index (χ0n) is 9.20. The third-order valence-electron chi connectivity index (χ3n) is 2.25. The molecule has 2 rings (SSSR count). The number of nitrogens with zero attached hydrogens (tertiary/aromatic N) is 2. The summed E-state index contributed by atoms with van der Waals surface area (Å²) in [6.45, 7) is 0.794. The molecule has 0 aliphatic carbocycles. The molecule has 0 saturated carbocycles. The van der Waals surface area contributed by atoms with Gasteiger partial charge in [-0.15, -0.1) is 0 Å². The smallest absolute Gasteiger partial charge is 0.259 e. The van der Waals surface area contributed by atoms with E-state index in [0.717, 1.165) is 6.54 Å². The number of hydrogen-bond donors (Lipinski definition) is 1. The molecule has 2 aromatic rings. The molecule has 1 aromatic carbocycles. The van der Waals surface area contributed by atoms with E-state index in [4.69, 9.17) is 27.7 Å². The summed E-state index contributed by atoms with van der Waals surface area (Å²) in [4.78, 5) is 4.26. The van der Waals surface area contributed by atoms with Crippen LogP contribution < -0.4 is 5.32 Å². The first kappa shape index (κ1) is 12.4. The number of halogens is 2. The van der Waals surface area contributed by atoms with Crippen molar-refractivity contribution in [1.29, 1.82) is 0 Å². The van der Waals surface area contributed by atoms with Crippen molar-refractivity contribution in [2.75, 3.05) is 13.6 Å². The molecule has 0 bridgehead atoms. The van der Waals surface area contributed by atoms with Crippen LogP contribution in [0, 0.1) is 0 Å². The van der Waals surface area contributed by atoms with Gasteiger partial charge in [-0.25, -0.2) is 0 Å². The van der Waals surface area contributed by atoms with E-state index in [-0.39, 0.29) is 0 Å². The molecule has 0 aliphatic rings. The summed E-state index contributed by atoms with van der Waals surface area (Å²) >= 11 is 12.0. The number of rotatable bonds is 4. The highest BCUT2D eigenvalue weighted by Gasteiger charge is 2.13. The molecule has 0 atom stereocenters. The maximum Gasteiger partial charge on any atom is 0.259 e. The zero-order chi connectivity index (χ0) is 12.3. The van der Waals surface area contributed by atoms with E-state index in [2.05, 4.69) is 15.5 Å².